The molecule has 0 fully saturated rings. The van der Waals surface area contributed by atoms with Crippen molar-refractivity contribution in [2.24, 2.45) is 0 Å². The number of fused-ring (bicyclic) bond motifs is 1. The molecule has 140 valence electrons. The molecule has 2 aromatic rings. The zero-order valence-corrected chi connectivity index (χ0v) is 16.3. The largest absolute Gasteiger partial charge is 0.495 e. The summed E-state index contributed by atoms with van der Waals surface area (Å²) < 4.78 is 44.0. The van der Waals surface area contributed by atoms with Gasteiger partial charge in [0.2, 0.25) is 10.0 Å². The van der Waals surface area contributed by atoms with E-state index in [4.69, 9.17) is 25.8 Å². The van der Waals surface area contributed by atoms with E-state index < -0.39 is 10.0 Å². The van der Waals surface area contributed by atoms with Crippen LogP contribution >= 0.6 is 11.6 Å². The maximum atomic E-state index is 12.8. The van der Waals surface area contributed by atoms with Crippen LogP contribution in [0.25, 0.3) is 0 Å². The van der Waals surface area contributed by atoms with E-state index in [9.17, 15) is 8.42 Å². The molecule has 0 amide bonds. The Labute approximate surface area is 158 Å². The van der Waals surface area contributed by atoms with E-state index in [1.54, 1.807) is 14.2 Å². The van der Waals surface area contributed by atoms with Crippen molar-refractivity contribution >= 4 is 21.6 Å². The summed E-state index contributed by atoms with van der Waals surface area (Å²) in [6.45, 7) is 0. The fraction of sp³-hybridized carbons (Fsp3) is 0.333. The third-order valence-corrected chi connectivity index (χ3v) is 6.22. The number of ether oxygens (including phenoxy) is 3. The van der Waals surface area contributed by atoms with Crippen LogP contribution in [0.5, 0.6) is 17.2 Å². The van der Waals surface area contributed by atoms with Gasteiger partial charge in [-0.25, -0.2) is 13.1 Å². The summed E-state index contributed by atoms with van der Waals surface area (Å²) >= 11 is 6.06. The first-order chi connectivity index (χ1) is 12.4. The molecule has 2 aromatic carbocycles. The second kappa shape index (κ2) is 7.34. The summed E-state index contributed by atoms with van der Waals surface area (Å²) in [5.74, 6) is 1.63. The molecule has 1 atom stereocenters. The number of hydrogen-bond acceptors (Lipinski definition) is 5. The predicted molar refractivity (Wildman–Crippen MR) is 98.9 cm³/mol. The molecule has 0 aliphatic heterocycles. The van der Waals surface area contributed by atoms with E-state index in [1.807, 2.05) is 12.1 Å². The normalized spacial score (nSPS) is 16.2. The lowest BCUT2D eigenvalue weighted by molar-refractivity contribution is 0.354. The highest BCUT2D eigenvalue weighted by molar-refractivity contribution is 7.89. The number of methoxy groups -OCH3 is 3. The average Bonchev–Trinajstić information content (AvgIpc) is 3.01. The van der Waals surface area contributed by atoms with Gasteiger partial charge < -0.3 is 14.2 Å². The van der Waals surface area contributed by atoms with E-state index in [-0.39, 0.29) is 16.0 Å². The lowest BCUT2D eigenvalue weighted by Gasteiger charge is -2.17. The lowest BCUT2D eigenvalue weighted by atomic mass is 10.1. The van der Waals surface area contributed by atoms with Gasteiger partial charge in [0.05, 0.1) is 31.2 Å². The van der Waals surface area contributed by atoms with Gasteiger partial charge >= 0.3 is 0 Å². The van der Waals surface area contributed by atoms with Crippen LogP contribution in [0.1, 0.15) is 23.6 Å². The van der Waals surface area contributed by atoms with Gasteiger partial charge in [0, 0.05) is 6.04 Å². The van der Waals surface area contributed by atoms with Crippen molar-refractivity contribution in [2.75, 3.05) is 21.3 Å². The van der Waals surface area contributed by atoms with Crippen molar-refractivity contribution in [1.82, 2.24) is 4.72 Å². The van der Waals surface area contributed by atoms with Crippen molar-refractivity contribution in [1.29, 1.82) is 0 Å². The van der Waals surface area contributed by atoms with Crippen molar-refractivity contribution in [3.63, 3.8) is 0 Å². The summed E-state index contributed by atoms with van der Waals surface area (Å²) in [5, 5.41) is 0.244. The molecule has 0 heterocycles. The SMILES string of the molecule is COc1ccc(S(=O)(=O)NC2CCc3cc(OC)c(OC)cc32)cc1Cl. The summed E-state index contributed by atoms with van der Waals surface area (Å²) in [4.78, 5) is 0.0947. The molecule has 0 aromatic heterocycles. The van der Waals surface area contributed by atoms with Crippen LogP contribution in [0.4, 0.5) is 0 Å². The molecule has 0 radical (unpaired) electrons. The molecule has 1 unspecified atom stereocenters. The van der Waals surface area contributed by atoms with Crippen LogP contribution in [0, 0.1) is 0 Å². The number of rotatable bonds is 6. The molecular formula is C18H20ClNO5S. The first kappa shape index (κ1) is 18.8. The second-order valence-corrected chi connectivity index (χ2v) is 8.04. The molecule has 0 bridgehead atoms. The molecule has 0 saturated carbocycles. The van der Waals surface area contributed by atoms with E-state index in [0.29, 0.717) is 23.7 Å². The van der Waals surface area contributed by atoms with Gasteiger partial charge in [-0.2, -0.15) is 0 Å². The Kier molecular flexibility index (Phi) is 5.32. The molecule has 1 aliphatic rings. The number of hydrogen-bond donors (Lipinski definition) is 1. The van der Waals surface area contributed by atoms with Gasteiger partial charge in [-0.15, -0.1) is 0 Å². The maximum Gasteiger partial charge on any atom is 0.241 e. The first-order valence-electron chi connectivity index (χ1n) is 8.00. The van der Waals surface area contributed by atoms with Gasteiger partial charge in [-0.3, -0.25) is 0 Å². The van der Waals surface area contributed by atoms with Gasteiger partial charge in [0.25, 0.3) is 0 Å². The number of benzene rings is 2. The standard InChI is InChI=1S/C18H20ClNO5S/c1-23-16-7-5-12(9-14(16)19)26(21,22)20-15-6-4-11-8-17(24-2)18(25-3)10-13(11)15/h5,7-10,15,20H,4,6H2,1-3H3. The highest BCUT2D eigenvalue weighted by Gasteiger charge is 2.29. The number of aryl methyl sites for hydroxylation is 1. The summed E-state index contributed by atoms with van der Waals surface area (Å²) in [6.07, 6.45) is 1.42. The predicted octanol–water partition coefficient (Wildman–Crippen LogP) is 3.33. The van der Waals surface area contributed by atoms with Crippen molar-refractivity contribution in [3.8, 4) is 17.2 Å². The smallest absolute Gasteiger partial charge is 0.241 e. The zero-order chi connectivity index (χ0) is 18.9. The molecule has 3 rings (SSSR count). The summed E-state index contributed by atoms with van der Waals surface area (Å²) in [5.41, 5.74) is 1.94. The third-order valence-electron chi connectivity index (χ3n) is 4.45. The Morgan fingerprint density at radius 3 is 2.27 bits per heavy atom. The minimum Gasteiger partial charge on any atom is -0.495 e. The quantitative estimate of drug-likeness (QED) is 0.809. The van der Waals surface area contributed by atoms with Crippen molar-refractivity contribution in [3.05, 3.63) is 46.5 Å². The van der Waals surface area contributed by atoms with Crippen molar-refractivity contribution in [2.45, 2.75) is 23.8 Å². The Bertz CT molecular complexity index is 929. The van der Waals surface area contributed by atoms with Crippen LogP contribution in [-0.2, 0) is 16.4 Å². The number of sulfonamides is 1. The Balaban J connectivity index is 1.90. The number of nitrogens with one attached hydrogen (secondary N) is 1. The fourth-order valence-corrected chi connectivity index (χ4v) is 4.72. The van der Waals surface area contributed by atoms with Crippen LogP contribution in [-0.4, -0.2) is 29.7 Å². The molecule has 0 spiro atoms. The van der Waals surface area contributed by atoms with Gasteiger partial charge in [-0.05, 0) is 54.3 Å². The second-order valence-electron chi connectivity index (χ2n) is 5.91. The monoisotopic (exact) mass is 397 g/mol. The van der Waals surface area contributed by atoms with E-state index in [0.717, 1.165) is 17.5 Å². The van der Waals surface area contributed by atoms with Gasteiger partial charge in [-0.1, -0.05) is 11.6 Å². The topological polar surface area (TPSA) is 73.9 Å². The van der Waals surface area contributed by atoms with E-state index in [1.165, 1.54) is 25.3 Å². The molecule has 0 saturated heterocycles. The minimum absolute atomic E-state index is 0.0947. The Morgan fingerprint density at radius 1 is 1.00 bits per heavy atom. The molecule has 8 heteroatoms. The highest BCUT2D eigenvalue weighted by atomic mass is 35.5. The van der Waals surface area contributed by atoms with Crippen LogP contribution in [0.2, 0.25) is 5.02 Å². The van der Waals surface area contributed by atoms with E-state index >= 15 is 0 Å². The fourth-order valence-electron chi connectivity index (χ4n) is 3.13. The molecule has 1 N–H and O–H groups in total. The van der Waals surface area contributed by atoms with Crippen LogP contribution in [0.3, 0.4) is 0 Å². The first-order valence-corrected chi connectivity index (χ1v) is 9.86. The van der Waals surface area contributed by atoms with Gasteiger partial charge in [0.15, 0.2) is 11.5 Å². The van der Waals surface area contributed by atoms with Crippen LogP contribution < -0.4 is 18.9 Å². The average molecular weight is 398 g/mol. The maximum absolute atomic E-state index is 12.8. The highest BCUT2D eigenvalue weighted by Crippen LogP contribution is 2.40. The molecule has 26 heavy (non-hydrogen) atoms. The summed E-state index contributed by atoms with van der Waals surface area (Å²) in [6, 6.07) is 7.77. The molecule has 1 aliphatic carbocycles. The Morgan fingerprint density at radius 2 is 1.65 bits per heavy atom. The summed E-state index contributed by atoms with van der Waals surface area (Å²) in [7, 11) is 0.875. The van der Waals surface area contributed by atoms with E-state index in [2.05, 4.69) is 4.72 Å². The molecule has 6 nitrogen and oxygen atoms in total. The Hall–Kier alpha value is -1.96. The van der Waals surface area contributed by atoms with Gasteiger partial charge in [0.1, 0.15) is 5.75 Å². The molecular weight excluding hydrogens is 378 g/mol. The minimum atomic E-state index is -3.73. The lowest BCUT2D eigenvalue weighted by Crippen LogP contribution is -2.27. The third kappa shape index (κ3) is 3.47. The van der Waals surface area contributed by atoms with Crippen molar-refractivity contribution < 1.29 is 22.6 Å². The number of halogens is 1. The zero-order valence-electron chi connectivity index (χ0n) is 14.7. The van der Waals surface area contributed by atoms with Crippen LogP contribution in [0.15, 0.2) is 35.2 Å².